The third kappa shape index (κ3) is 3.82. The Hall–Kier alpha value is -2.81. The molecule has 0 unspecified atom stereocenters. The van der Waals surface area contributed by atoms with Crippen LogP contribution in [0.2, 0.25) is 0 Å². The summed E-state index contributed by atoms with van der Waals surface area (Å²) < 4.78 is 18.0. The molecule has 3 rings (SSSR count). The molecular weight excluding hydrogens is 351 g/mol. The fourth-order valence-electron chi connectivity index (χ4n) is 2.58. The van der Waals surface area contributed by atoms with Gasteiger partial charge in [0.15, 0.2) is 6.61 Å². The standard InChI is InChI=1S/C16H13FN2O5S/c17-10-4-5-11(12(7-10)19(22)23)18-15(20)8-24-16(21)14-6-9-2-1-3-13(9)25-14/h4-7H,1-3,8H2,(H,18,20). The van der Waals surface area contributed by atoms with E-state index in [1.807, 2.05) is 0 Å². The van der Waals surface area contributed by atoms with Gasteiger partial charge in [-0.25, -0.2) is 9.18 Å². The minimum absolute atomic E-state index is 0.164. The van der Waals surface area contributed by atoms with Gasteiger partial charge in [0.05, 0.1) is 11.0 Å². The summed E-state index contributed by atoms with van der Waals surface area (Å²) in [6.45, 7) is -0.587. The zero-order chi connectivity index (χ0) is 18.0. The highest BCUT2D eigenvalue weighted by atomic mass is 32.1. The second-order valence-electron chi connectivity index (χ2n) is 5.46. The molecule has 130 valence electrons. The van der Waals surface area contributed by atoms with Crippen LogP contribution in [-0.4, -0.2) is 23.4 Å². The van der Waals surface area contributed by atoms with Crippen LogP contribution in [0.25, 0.3) is 0 Å². The van der Waals surface area contributed by atoms with Crippen molar-refractivity contribution in [2.45, 2.75) is 19.3 Å². The average molecular weight is 364 g/mol. The molecule has 25 heavy (non-hydrogen) atoms. The Balaban J connectivity index is 1.59. The molecule has 1 aromatic carbocycles. The van der Waals surface area contributed by atoms with Crippen molar-refractivity contribution in [1.82, 2.24) is 0 Å². The predicted molar refractivity (Wildman–Crippen MR) is 88.3 cm³/mol. The van der Waals surface area contributed by atoms with Gasteiger partial charge in [-0.1, -0.05) is 0 Å². The zero-order valence-electron chi connectivity index (χ0n) is 12.9. The second kappa shape index (κ2) is 6.98. The number of benzene rings is 1. The molecule has 0 radical (unpaired) electrons. The van der Waals surface area contributed by atoms with Crippen LogP contribution in [-0.2, 0) is 22.4 Å². The van der Waals surface area contributed by atoms with E-state index in [0.29, 0.717) is 10.9 Å². The van der Waals surface area contributed by atoms with E-state index in [2.05, 4.69) is 5.32 Å². The van der Waals surface area contributed by atoms with Crippen molar-refractivity contribution in [3.8, 4) is 0 Å². The first-order chi connectivity index (χ1) is 11.9. The van der Waals surface area contributed by atoms with Crippen LogP contribution in [0.5, 0.6) is 0 Å². The number of nitro groups is 1. The van der Waals surface area contributed by atoms with Crippen molar-refractivity contribution in [1.29, 1.82) is 0 Å². The van der Waals surface area contributed by atoms with Gasteiger partial charge < -0.3 is 10.1 Å². The Bertz CT molecular complexity index is 843. The van der Waals surface area contributed by atoms with Crippen LogP contribution in [0.15, 0.2) is 24.3 Å². The highest BCUT2D eigenvalue weighted by Gasteiger charge is 2.21. The number of fused-ring (bicyclic) bond motifs is 1. The van der Waals surface area contributed by atoms with Crippen molar-refractivity contribution in [3.05, 3.63) is 55.5 Å². The number of thiophene rings is 1. The quantitative estimate of drug-likeness (QED) is 0.499. The molecular formula is C16H13FN2O5S. The van der Waals surface area contributed by atoms with Gasteiger partial charge in [0.2, 0.25) is 0 Å². The minimum Gasteiger partial charge on any atom is -0.451 e. The molecule has 0 bridgehead atoms. The van der Waals surface area contributed by atoms with Gasteiger partial charge >= 0.3 is 5.97 Å². The largest absolute Gasteiger partial charge is 0.451 e. The van der Waals surface area contributed by atoms with Gasteiger partial charge in [0, 0.05) is 4.88 Å². The molecule has 1 N–H and O–H groups in total. The number of nitrogens with zero attached hydrogens (tertiary/aromatic N) is 1. The van der Waals surface area contributed by atoms with Crippen LogP contribution in [0.4, 0.5) is 15.8 Å². The van der Waals surface area contributed by atoms with Crippen LogP contribution in [0.3, 0.4) is 0 Å². The molecule has 1 aliphatic carbocycles. The molecule has 1 amide bonds. The van der Waals surface area contributed by atoms with Crippen molar-refractivity contribution in [2.75, 3.05) is 11.9 Å². The van der Waals surface area contributed by atoms with Gasteiger partial charge in [-0.15, -0.1) is 11.3 Å². The molecule has 1 aromatic heterocycles. The molecule has 0 fully saturated rings. The molecule has 0 saturated carbocycles. The number of esters is 1. The van der Waals surface area contributed by atoms with Gasteiger partial charge in [0.25, 0.3) is 11.6 Å². The van der Waals surface area contributed by atoms with Crippen molar-refractivity contribution < 1.29 is 23.6 Å². The summed E-state index contributed by atoms with van der Waals surface area (Å²) in [5.74, 6) is -2.14. The third-order valence-corrected chi connectivity index (χ3v) is 4.93. The van der Waals surface area contributed by atoms with Crippen LogP contribution >= 0.6 is 11.3 Å². The van der Waals surface area contributed by atoms with E-state index < -0.39 is 34.9 Å². The second-order valence-corrected chi connectivity index (χ2v) is 6.59. The lowest BCUT2D eigenvalue weighted by Crippen LogP contribution is -2.21. The van der Waals surface area contributed by atoms with E-state index in [4.69, 9.17) is 4.74 Å². The van der Waals surface area contributed by atoms with Crippen LogP contribution < -0.4 is 5.32 Å². The van der Waals surface area contributed by atoms with Crippen LogP contribution in [0, 0.1) is 15.9 Å². The molecule has 0 aliphatic heterocycles. The number of hydrogen-bond donors (Lipinski definition) is 1. The Morgan fingerprint density at radius 2 is 2.12 bits per heavy atom. The summed E-state index contributed by atoms with van der Waals surface area (Å²) in [7, 11) is 0. The Kier molecular flexibility index (Phi) is 4.75. The zero-order valence-corrected chi connectivity index (χ0v) is 13.7. The summed E-state index contributed by atoms with van der Waals surface area (Å²) in [5, 5.41) is 13.1. The van der Waals surface area contributed by atoms with E-state index in [1.54, 1.807) is 6.07 Å². The van der Waals surface area contributed by atoms with E-state index in [-0.39, 0.29) is 5.69 Å². The normalized spacial score (nSPS) is 12.5. The number of carbonyl (C=O) groups excluding carboxylic acids is 2. The fourth-order valence-corrected chi connectivity index (χ4v) is 3.73. The smallest absolute Gasteiger partial charge is 0.348 e. The number of amides is 1. The molecule has 7 nitrogen and oxygen atoms in total. The summed E-state index contributed by atoms with van der Waals surface area (Å²) >= 11 is 1.36. The lowest BCUT2D eigenvalue weighted by Gasteiger charge is -2.06. The van der Waals surface area contributed by atoms with Crippen LogP contribution in [0.1, 0.15) is 26.5 Å². The molecule has 0 atom stereocenters. The lowest BCUT2D eigenvalue weighted by atomic mass is 10.2. The number of nitrogens with one attached hydrogen (secondary N) is 1. The first-order valence-corrected chi connectivity index (χ1v) is 8.28. The fraction of sp³-hybridized carbons (Fsp3) is 0.250. The van der Waals surface area contributed by atoms with Gasteiger partial charge in [-0.3, -0.25) is 14.9 Å². The molecule has 2 aromatic rings. The lowest BCUT2D eigenvalue weighted by molar-refractivity contribution is -0.384. The molecule has 1 aliphatic rings. The van der Waals surface area contributed by atoms with Gasteiger partial charge in [-0.2, -0.15) is 0 Å². The SMILES string of the molecule is O=C(COC(=O)c1cc2c(s1)CCC2)Nc1ccc(F)cc1[N+](=O)[O-]. The van der Waals surface area contributed by atoms with E-state index in [9.17, 15) is 24.1 Å². The van der Waals surface area contributed by atoms with E-state index >= 15 is 0 Å². The number of hydrogen-bond acceptors (Lipinski definition) is 6. The highest BCUT2D eigenvalue weighted by molar-refractivity contribution is 7.14. The van der Waals surface area contributed by atoms with Crippen molar-refractivity contribution >= 4 is 34.6 Å². The maximum Gasteiger partial charge on any atom is 0.348 e. The number of nitro benzene ring substituents is 1. The third-order valence-electron chi connectivity index (χ3n) is 3.71. The maximum absolute atomic E-state index is 13.1. The Morgan fingerprint density at radius 1 is 1.32 bits per heavy atom. The Morgan fingerprint density at radius 3 is 2.84 bits per heavy atom. The van der Waals surface area contributed by atoms with Crippen molar-refractivity contribution in [2.24, 2.45) is 0 Å². The van der Waals surface area contributed by atoms with Crippen molar-refractivity contribution in [3.63, 3.8) is 0 Å². The Labute approximate surface area is 145 Å². The van der Waals surface area contributed by atoms with E-state index in [1.165, 1.54) is 16.2 Å². The topological polar surface area (TPSA) is 98.5 Å². The highest BCUT2D eigenvalue weighted by Crippen LogP contribution is 2.31. The first kappa shape index (κ1) is 17.0. The predicted octanol–water partition coefficient (Wildman–Crippen LogP) is 3.08. The number of anilines is 1. The monoisotopic (exact) mass is 364 g/mol. The molecule has 1 heterocycles. The number of ether oxygens (including phenoxy) is 1. The summed E-state index contributed by atoms with van der Waals surface area (Å²) in [6.07, 6.45) is 2.96. The first-order valence-electron chi connectivity index (χ1n) is 7.46. The molecule has 0 saturated heterocycles. The average Bonchev–Trinajstić information content (AvgIpc) is 3.15. The van der Waals surface area contributed by atoms with E-state index in [0.717, 1.165) is 37.0 Å². The molecule has 9 heteroatoms. The number of halogens is 1. The number of aryl methyl sites for hydroxylation is 2. The number of rotatable bonds is 5. The number of carbonyl (C=O) groups is 2. The minimum atomic E-state index is -0.808. The summed E-state index contributed by atoms with van der Waals surface area (Å²) in [5.41, 5.74) is 0.403. The summed E-state index contributed by atoms with van der Waals surface area (Å²) in [4.78, 5) is 35.5. The summed E-state index contributed by atoms with van der Waals surface area (Å²) in [6, 6.07) is 4.55. The van der Waals surface area contributed by atoms with Gasteiger partial charge in [-0.05, 0) is 43.0 Å². The maximum atomic E-state index is 13.1. The molecule has 0 spiro atoms. The van der Waals surface area contributed by atoms with Gasteiger partial charge in [0.1, 0.15) is 16.4 Å².